The predicted molar refractivity (Wildman–Crippen MR) is 70.5 cm³/mol. The molecular weight excluding hydrogens is 248 g/mol. The first-order valence-electron chi connectivity index (χ1n) is 6.09. The second-order valence-corrected chi connectivity index (χ2v) is 5.54. The molecule has 1 aromatic carbocycles. The monoisotopic (exact) mass is 265 g/mol. The van der Waals surface area contributed by atoms with Crippen molar-refractivity contribution in [2.75, 3.05) is 0 Å². The Balaban J connectivity index is 2.16. The zero-order valence-corrected chi connectivity index (χ0v) is 11.2. The second kappa shape index (κ2) is 5.09. The summed E-state index contributed by atoms with van der Waals surface area (Å²) in [5.41, 5.74) is 1.82. The molecule has 0 aliphatic carbocycles. The van der Waals surface area contributed by atoms with Crippen LogP contribution in [0.5, 0.6) is 0 Å². The number of nitrogens with one attached hydrogen (secondary N) is 2. The molecule has 0 amide bonds. The van der Waals surface area contributed by atoms with Gasteiger partial charge in [-0.05, 0) is 39.0 Å². The fraction of sp³-hybridized carbons (Fsp3) is 0.357. The maximum Gasteiger partial charge on any atom is 0.126 e. The smallest absolute Gasteiger partial charge is 0.126 e. The highest BCUT2D eigenvalue weighted by atomic mass is 19.1. The van der Waals surface area contributed by atoms with Crippen LogP contribution in [0.2, 0.25) is 0 Å². The van der Waals surface area contributed by atoms with Crippen LogP contribution in [0.25, 0.3) is 11.3 Å². The van der Waals surface area contributed by atoms with Crippen LogP contribution in [-0.2, 0) is 6.54 Å². The molecule has 0 spiro atoms. The summed E-state index contributed by atoms with van der Waals surface area (Å²) in [6.45, 7) is 6.80. The molecule has 0 aliphatic rings. The summed E-state index contributed by atoms with van der Waals surface area (Å²) in [5, 5.41) is 10.2. The SMILES string of the molecule is CC(C)(C)NCc1cc(-c2cc(F)cc(F)c2)n[nH]1. The number of nitrogens with zero attached hydrogens (tertiary/aromatic N) is 1. The molecule has 2 rings (SSSR count). The molecule has 2 N–H and O–H groups in total. The van der Waals surface area contributed by atoms with Gasteiger partial charge in [0, 0.05) is 29.4 Å². The molecule has 5 heteroatoms. The summed E-state index contributed by atoms with van der Waals surface area (Å²) < 4.78 is 26.3. The van der Waals surface area contributed by atoms with Crippen molar-refractivity contribution in [3.8, 4) is 11.3 Å². The summed E-state index contributed by atoms with van der Waals surface area (Å²) in [5.74, 6) is -1.21. The maximum atomic E-state index is 13.1. The fourth-order valence-corrected chi connectivity index (χ4v) is 1.66. The highest BCUT2D eigenvalue weighted by molar-refractivity contribution is 5.59. The third-order valence-electron chi connectivity index (χ3n) is 2.60. The van der Waals surface area contributed by atoms with Crippen LogP contribution in [0, 0.1) is 11.6 Å². The van der Waals surface area contributed by atoms with Gasteiger partial charge in [0.05, 0.1) is 5.69 Å². The molecule has 1 aromatic heterocycles. The first-order chi connectivity index (χ1) is 8.83. The van der Waals surface area contributed by atoms with E-state index in [2.05, 4.69) is 36.3 Å². The molecule has 0 unspecified atom stereocenters. The molecule has 0 bridgehead atoms. The summed E-state index contributed by atoms with van der Waals surface area (Å²) in [4.78, 5) is 0. The lowest BCUT2D eigenvalue weighted by atomic mass is 10.1. The van der Waals surface area contributed by atoms with E-state index < -0.39 is 11.6 Å². The highest BCUT2D eigenvalue weighted by Gasteiger charge is 2.11. The number of hydrogen-bond acceptors (Lipinski definition) is 2. The lowest BCUT2D eigenvalue weighted by molar-refractivity contribution is 0.421. The van der Waals surface area contributed by atoms with E-state index in [1.54, 1.807) is 6.07 Å². The molecule has 19 heavy (non-hydrogen) atoms. The lowest BCUT2D eigenvalue weighted by Crippen LogP contribution is -2.35. The third-order valence-corrected chi connectivity index (χ3v) is 2.60. The minimum atomic E-state index is -0.604. The molecule has 0 saturated carbocycles. The average Bonchev–Trinajstić information content (AvgIpc) is 2.72. The van der Waals surface area contributed by atoms with Crippen LogP contribution in [0.15, 0.2) is 24.3 Å². The summed E-state index contributed by atoms with van der Waals surface area (Å²) in [6, 6.07) is 5.16. The van der Waals surface area contributed by atoms with Gasteiger partial charge in [-0.15, -0.1) is 0 Å². The van der Waals surface area contributed by atoms with E-state index >= 15 is 0 Å². The van der Waals surface area contributed by atoms with E-state index in [-0.39, 0.29) is 5.54 Å². The molecule has 0 saturated heterocycles. The Bertz CT molecular complexity index is 550. The molecule has 0 atom stereocenters. The number of aromatic nitrogens is 2. The Labute approximate surface area is 111 Å². The predicted octanol–water partition coefficient (Wildman–Crippen LogP) is 3.24. The largest absolute Gasteiger partial charge is 0.306 e. The van der Waals surface area contributed by atoms with Gasteiger partial charge in [-0.3, -0.25) is 5.10 Å². The van der Waals surface area contributed by atoms with Crippen molar-refractivity contribution in [3.05, 3.63) is 41.6 Å². The van der Waals surface area contributed by atoms with Gasteiger partial charge in [0.15, 0.2) is 0 Å². The molecule has 3 nitrogen and oxygen atoms in total. The van der Waals surface area contributed by atoms with E-state index in [1.807, 2.05) is 0 Å². The standard InChI is InChI=1S/C14H17F2N3/c1-14(2,3)17-8-12-7-13(19-18-12)9-4-10(15)6-11(16)5-9/h4-7,17H,8H2,1-3H3,(H,18,19). The third kappa shape index (κ3) is 3.86. The summed E-state index contributed by atoms with van der Waals surface area (Å²) in [6.07, 6.45) is 0. The zero-order chi connectivity index (χ0) is 14.0. The number of aromatic amines is 1. The van der Waals surface area contributed by atoms with E-state index in [9.17, 15) is 8.78 Å². The first-order valence-corrected chi connectivity index (χ1v) is 6.09. The fourth-order valence-electron chi connectivity index (χ4n) is 1.66. The molecule has 1 heterocycles. The molecule has 2 aromatic rings. The summed E-state index contributed by atoms with van der Waals surface area (Å²) in [7, 11) is 0. The number of rotatable bonds is 3. The topological polar surface area (TPSA) is 40.7 Å². The Morgan fingerprint density at radius 1 is 1.11 bits per heavy atom. The Morgan fingerprint density at radius 3 is 2.32 bits per heavy atom. The van der Waals surface area contributed by atoms with Crippen molar-refractivity contribution >= 4 is 0 Å². The lowest BCUT2D eigenvalue weighted by Gasteiger charge is -2.19. The number of halogens is 2. The minimum Gasteiger partial charge on any atom is -0.306 e. The normalized spacial score (nSPS) is 11.8. The van der Waals surface area contributed by atoms with Gasteiger partial charge in [-0.2, -0.15) is 5.10 Å². The molecule has 0 aliphatic heterocycles. The van der Waals surface area contributed by atoms with E-state index in [1.165, 1.54) is 12.1 Å². The van der Waals surface area contributed by atoms with Crippen LogP contribution in [0.4, 0.5) is 8.78 Å². The van der Waals surface area contributed by atoms with Crippen molar-refractivity contribution in [2.45, 2.75) is 32.9 Å². The van der Waals surface area contributed by atoms with Gasteiger partial charge in [0.2, 0.25) is 0 Å². The molecular formula is C14H17F2N3. The van der Waals surface area contributed by atoms with Gasteiger partial charge in [0.25, 0.3) is 0 Å². The van der Waals surface area contributed by atoms with Gasteiger partial charge < -0.3 is 5.32 Å². The van der Waals surface area contributed by atoms with Crippen molar-refractivity contribution in [1.29, 1.82) is 0 Å². The quantitative estimate of drug-likeness (QED) is 0.894. The second-order valence-electron chi connectivity index (χ2n) is 5.54. The number of hydrogen-bond donors (Lipinski definition) is 2. The number of H-pyrrole nitrogens is 1. The Hall–Kier alpha value is -1.75. The van der Waals surface area contributed by atoms with E-state index in [0.29, 0.717) is 17.8 Å². The van der Waals surface area contributed by atoms with Crippen LogP contribution in [0.3, 0.4) is 0 Å². The van der Waals surface area contributed by atoms with Crippen molar-refractivity contribution in [2.24, 2.45) is 0 Å². The van der Waals surface area contributed by atoms with Crippen LogP contribution in [0.1, 0.15) is 26.5 Å². The maximum absolute atomic E-state index is 13.1. The van der Waals surface area contributed by atoms with Gasteiger partial charge in [-0.25, -0.2) is 8.78 Å². The molecule has 102 valence electrons. The highest BCUT2D eigenvalue weighted by Crippen LogP contribution is 2.20. The molecule has 0 radical (unpaired) electrons. The summed E-state index contributed by atoms with van der Waals surface area (Å²) >= 11 is 0. The zero-order valence-electron chi connectivity index (χ0n) is 11.2. The van der Waals surface area contributed by atoms with Crippen LogP contribution >= 0.6 is 0 Å². The number of benzene rings is 1. The van der Waals surface area contributed by atoms with Gasteiger partial charge >= 0.3 is 0 Å². The first kappa shape index (κ1) is 13.7. The minimum absolute atomic E-state index is 0.00373. The van der Waals surface area contributed by atoms with Crippen LogP contribution < -0.4 is 5.32 Å². The van der Waals surface area contributed by atoms with Crippen molar-refractivity contribution < 1.29 is 8.78 Å². The van der Waals surface area contributed by atoms with Crippen molar-refractivity contribution in [1.82, 2.24) is 15.5 Å². The van der Waals surface area contributed by atoms with E-state index in [4.69, 9.17) is 0 Å². The van der Waals surface area contributed by atoms with Gasteiger partial charge in [0.1, 0.15) is 11.6 Å². The van der Waals surface area contributed by atoms with Crippen LogP contribution in [-0.4, -0.2) is 15.7 Å². The van der Waals surface area contributed by atoms with Crippen molar-refractivity contribution in [3.63, 3.8) is 0 Å². The molecule has 0 fully saturated rings. The Morgan fingerprint density at radius 2 is 1.74 bits per heavy atom. The Kier molecular flexibility index (Phi) is 3.66. The van der Waals surface area contributed by atoms with E-state index in [0.717, 1.165) is 11.8 Å². The average molecular weight is 265 g/mol. The van der Waals surface area contributed by atoms with Gasteiger partial charge in [-0.1, -0.05) is 0 Å².